The van der Waals surface area contributed by atoms with Crippen LogP contribution in [0.1, 0.15) is 5.56 Å². The highest BCUT2D eigenvalue weighted by atomic mass is 14.6. The second kappa shape index (κ2) is 3.96. The number of nitrogens with two attached hydrogens (primary N) is 1. The van der Waals surface area contributed by atoms with Crippen LogP contribution < -0.4 is 5.73 Å². The van der Waals surface area contributed by atoms with Gasteiger partial charge in [0.05, 0.1) is 5.71 Å². The Hall–Kier alpha value is -2.09. The molecule has 0 fully saturated rings. The lowest BCUT2D eigenvalue weighted by atomic mass is 9.99. The average molecular weight is 196 g/mol. The van der Waals surface area contributed by atoms with Crippen LogP contribution in [0.5, 0.6) is 0 Å². The summed E-state index contributed by atoms with van der Waals surface area (Å²) in [6.45, 7) is 0. The van der Waals surface area contributed by atoms with Crippen LogP contribution in [0.25, 0.3) is 5.70 Å². The normalized spacial score (nSPS) is 18.0. The minimum atomic E-state index is 0.457. The fraction of sp³-hybridized carbons (Fsp3) is 0. The molecule has 1 aliphatic carbocycles. The molecule has 0 atom stereocenters. The molecule has 0 saturated heterocycles. The lowest BCUT2D eigenvalue weighted by Crippen LogP contribution is -2.07. The van der Waals surface area contributed by atoms with Crippen molar-refractivity contribution in [3.63, 3.8) is 0 Å². The largest absolute Gasteiger partial charge is 0.398 e. The molecule has 0 heterocycles. The maximum absolute atomic E-state index is 7.75. The standard InChI is InChI=1S/C13H12N2/c14-12-9-5-4-8-11(12)13(15)10-6-2-1-3-7-10/h1-9,14H,15H2/b13-11-,14-12?. The Kier molecular flexibility index (Phi) is 2.50. The van der Waals surface area contributed by atoms with E-state index in [2.05, 4.69) is 0 Å². The zero-order valence-electron chi connectivity index (χ0n) is 8.27. The van der Waals surface area contributed by atoms with Crippen LogP contribution >= 0.6 is 0 Å². The van der Waals surface area contributed by atoms with E-state index in [0.717, 1.165) is 11.1 Å². The molecule has 0 aromatic heterocycles. The smallest absolute Gasteiger partial charge is 0.0633 e. The summed E-state index contributed by atoms with van der Waals surface area (Å²) < 4.78 is 0. The van der Waals surface area contributed by atoms with E-state index < -0.39 is 0 Å². The number of nitrogens with one attached hydrogen (secondary N) is 1. The summed E-state index contributed by atoms with van der Waals surface area (Å²) in [4.78, 5) is 0. The summed E-state index contributed by atoms with van der Waals surface area (Å²) in [5.74, 6) is 0. The Labute approximate surface area is 88.9 Å². The summed E-state index contributed by atoms with van der Waals surface area (Å²) in [6, 6.07) is 9.72. The summed E-state index contributed by atoms with van der Waals surface area (Å²) in [6.07, 6.45) is 7.34. The third-order valence-electron chi connectivity index (χ3n) is 2.30. The number of benzene rings is 1. The van der Waals surface area contributed by atoms with Crippen molar-refractivity contribution in [2.24, 2.45) is 5.73 Å². The summed E-state index contributed by atoms with van der Waals surface area (Å²) >= 11 is 0. The molecule has 2 rings (SSSR count). The van der Waals surface area contributed by atoms with Gasteiger partial charge in [-0.15, -0.1) is 0 Å². The fourth-order valence-corrected chi connectivity index (χ4v) is 1.49. The Bertz CT molecular complexity index is 465. The molecule has 1 aromatic carbocycles. The lowest BCUT2D eigenvalue weighted by molar-refractivity contribution is 1.45. The zero-order valence-corrected chi connectivity index (χ0v) is 8.27. The van der Waals surface area contributed by atoms with Gasteiger partial charge in [-0.05, 0) is 11.6 Å². The molecule has 0 radical (unpaired) electrons. The van der Waals surface area contributed by atoms with E-state index in [-0.39, 0.29) is 0 Å². The van der Waals surface area contributed by atoms with E-state index in [0.29, 0.717) is 11.4 Å². The van der Waals surface area contributed by atoms with Crippen LogP contribution in [0.3, 0.4) is 0 Å². The van der Waals surface area contributed by atoms with E-state index in [1.54, 1.807) is 6.08 Å². The van der Waals surface area contributed by atoms with Gasteiger partial charge in [0.15, 0.2) is 0 Å². The minimum Gasteiger partial charge on any atom is -0.398 e. The molecule has 0 spiro atoms. The van der Waals surface area contributed by atoms with Gasteiger partial charge >= 0.3 is 0 Å². The van der Waals surface area contributed by atoms with Gasteiger partial charge < -0.3 is 11.1 Å². The first kappa shape index (κ1) is 9.46. The summed E-state index contributed by atoms with van der Waals surface area (Å²) in [5, 5.41) is 7.75. The van der Waals surface area contributed by atoms with E-state index >= 15 is 0 Å². The topological polar surface area (TPSA) is 49.9 Å². The summed E-state index contributed by atoms with van der Waals surface area (Å²) in [5.41, 5.74) is 8.86. The molecule has 0 amide bonds. The van der Waals surface area contributed by atoms with E-state index in [1.807, 2.05) is 48.6 Å². The first-order valence-electron chi connectivity index (χ1n) is 4.78. The van der Waals surface area contributed by atoms with Crippen molar-refractivity contribution in [1.82, 2.24) is 0 Å². The maximum Gasteiger partial charge on any atom is 0.0633 e. The maximum atomic E-state index is 7.75. The van der Waals surface area contributed by atoms with Crippen molar-refractivity contribution in [2.45, 2.75) is 0 Å². The van der Waals surface area contributed by atoms with Gasteiger partial charge in [-0.25, -0.2) is 0 Å². The van der Waals surface area contributed by atoms with Gasteiger partial charge in [0.2, 0.25) is 0 Å². The molecule has 2 nitrogen and oxygen atoms in total. The third-order valence-corrected chi connectivity index (χ3v) is 2.30. The predicted molar refractivity (Wildman–Crippen MR) is 63.6 cm³/mol. The van der Waals surface area contributed by atoms with Crippen molar-refractivity contribution in [3.8, 4) is 0 Å². The van der Waals surface area contributed by atoms with Crippen molar-refractivity contribution >= 4 is 11.4 Å². The van der Waals surface area contributed by atoms with Crippen LogP contribution in [0.4, 0.5) is 0 Å². The molecule has 3 N–H and O–H groups in total. The van der Waals surface area contributed by atoms with E-state index in [4.69, 9.17) is 11.1 Å². The van der Waals surface area contributed by atoms with E-state index in [1.165, 1.54) is 0 Å². The number of allylic oxidation sites excluding steroid dienone is 5. The molecule has 2 heteroatoms. The van der Waals surface area contributed by atoms with Gasteiger partial charge in [-0.1, -0.05) is 48.6 Å². The highest BCUT2D eigenvalue weighted by Gasteiger charge is 2.07. The molecule has 0 saturated carbocycles. The Morgan fingerprint density at radius 1 is 1.00 bits per heavy atom. The quantitative estimate of drug-likeness (QED) is 0.712. The molecule has 0 bridgehead atoms. The van der Waals surface area contributed by atoms with Gasteiger partial charge in [0, 0.05) is 11.3 Å². The first-order valence-corrected chi connectivity index (χ1v) is 4.78. The van der Waals surface area contributed by atoms with Crippen LogP contribution in [-0.4, -0.2) is 5.71 Å². The monoisotopic (exact) mass is 196 g/mol. The molecule has 0 unspecified atom stereocenters. The van der Waals surface area contributed by atoms with Gasteiger partial charge in [-0.2, -0.15) is 0 Å². The van der Waals surface area contributed by atoms with Gasteiger partial charge in [0.1, 0.15) is 0 Å². The Morgan fingerprint density at radius 2 is 1.67 bits per heavy atom. The number of hydrogen-bond acceptors (Lipinski definition) is 2. The van der Waals surface area contributed by atoms with Crippen molar-refractivity contribution in [1.29, 1.82) is 5.41 Å². The van der Waals surface area contributed by atoms with Crippen molar-refractivity contribution in [2.75, 3.05) is 0 Å². The van der Waals surface area contributed by atoms with Gasteiger partial charge in [0.25, 0.3) is 0 Å². The lowest BCUT2D eigenvalue weighted by Gasteiger charge is -2.09. The van der Waals surface area contributed by atoms with Crippen molar-refractivity contribution in [3.05, 3.63) is 65.8 Å². The van der Waals surface area contributed by atoms with Crippen LogP contribution in [0.2, 0.25) is 0 Å². The molecule has 0 aliphatic heterocycles. The van der Waals surface area contributed by atoms with Crippen LogP contribution in [0.15, 0.2) is 60.2 Å². The molecule has 74 valence electrons. The molecular weight excluding hydrogens is 184 g/mol. The van der Waals surface area contributed by atoms with Crippen molar-refractivity contribution < 1.29 is 0 Å². The third kappa shape index (κ3) is 1.89. The predicted octanol–water partition coefficient (Wildman–Crippen LogP) is 2.50. The molecular formula is C13H12N2. The Balaban J connectivity index is 2.46. The Morgan fingerprint density at radius 3 is 2.33 bits per heavy atom. The minimum absolute atomic E-state index is 0.457. The zero-order chi connectivity index (χ0) is 10.7. The highest BCUT2D eigenvalue weighted by Crippen LogP contribution is 2.17. The summed E-state index contributed by atoms with van der Waals surface area (Å²) in [7, 11) is 0. The number of hydrogen-bond donors (Lipinski definition) is 2. The van der Waals surface area contributed by atoms with Crippen LogP contribution in [-0.2, 0) is 0 Å². The van der Waals surface area contributed by atoms with E-state index in [9.17, 15) is 0 Å². The average Bonchev–Trinajstić information content (AvgIpc) is 2.30. The highest BCUT2D eigenvalue weighted by molar-refractivity contribution is 6.14. The molecule has 1 aliphatic rings. The van der Waals surface area contributed by atoms with Gasteiger partial charge in [-0.3, -0.25) is 0 Å². The first-order chi connectivity index (χ1) is 7.29. The fourth-order valence-electron chi connectivity index (χ4n) is 1.49. The SMILES string of the molecule is N=C1C=CC=C/C1=C(/N)c1ccccc1. The second-order valence-corrected chi connectivity index (χ2v) is 3.33. The molecule has 1 aromatic rings. The number of rotatable bonds is 1. The second-order valence-electron chi connectivity index (χ2n) is 3.33. The van der Waals surface area contributed by atoms with Crippen LogP contribution in [0, 0.1) is 5.41 Å². The molecule has 15 heavy (non-hydrogen) atoms.